The van der Waals surface area contributed by atoms with Crippen LogP contribution in [0.2, 0.25) is 0 Å². The highest BCUT2D eigenvalue weighted by Gasteiger charge is 2.26. The van der Waals surface area contributed by atoms with Crippen LogP contribution in [0.5, 0.6) is 11.5 Å². The number of furan rings is 1. The van der Waals surface area contributed by atoms with Gasteiger partial charge in [-0.1, -0.05) is 6.07 Å². The lowest BCUT2D eigenvalue weighted by Gasteiger charge is -2.18. The van der Waals surface area contributed by atoms with Gasteiger partial charge in [0, 0.05) is 5.56 Å². The predicted molar refractivity (Wildman–Crippen MR) is 76.5 cm³/mol. The summed E-state index contributed by atoms with van der Waals surface area (Å²) in [5, 5.41) is 10.8. The van der Waals surface area contributed by atoms with Crippen LogP contribution < -0.4 is 9.47 Å². The van der Waals surface area contributed by atoms with Crippen LogP contribution in [0, 0.1) is 20.8 Å². The Bertz CT molecular complexity index is 591. The van der Waals surface area contributed by atoms with E-state index in [2.05, 4.69) is 0 Å². The Morgan fingerprint density at radius 1 is 0.950 bits per heavy atom. The van der Waals surface area contributed by atoms with Crippen LogP contribution in [0.1, 0.15) is 34.3 Å². The number of methoxy groups -OCH3 is 2. The summed E-state index contributed by atoms with van der Waals surface area (Å²) >= 11 is 0. The first kappa shape index (κ1) is 14.5. The zero-order valence-electron chi connectivity index (χ0n) is 12.5. The summed E-state index contributed by atoms with van der Waals surface area (Å²) in [6.07, 6.45) is -0.849. The number of aliphatic hydroxyl groups excluding tert-OH is 1. The maximum Gasteiger partial charge on any atom is 0.128 e. The summed E-state index contributed by atoms with van der Waals surface area (Å²) in [6, 6.07) is 5.44. The standard InChI is InChI=1S/C16H20O4/c1-9-10(2)20-11(3)14(9)16(17)15-12(18-4)7-6-8-13(15)19-5/h6-8,16-17H,1-5H3. The molecule has 2 rings (SSSR count). The summed E-state index contributed by atoms with van der Waals surface area (Å²) in [4.78, 5) is 0. The largest absolute Gasteiger partial charge is 0.496 e. The van der Waals surface area contributed by atoms with Crippen LogP contribution in [0.15, 0.2) is 22.6 Å². The van der Waals surface area contributed by atoms with Gasteiger partial charge in [0.25, 0.3) is 0 Å². The lowest BCUT2D eigenvalue weighted by molar-refractivity contribution is 0.206. The Kier molecular flexibility index (Phi) is 4.04. The number of benzene rings is 1. The van der Waals surface area contributed by atoms with Gasteiger partial charge < -0.3 is 19.0 Å². The second kappa shape index (κ2) is 5.59. The molecule has 4 nitrogen and oxygen atoms in total. The highest BCUT2D eigenvalue weighted by Crippen LogP contribution is 2.40. The van der Waals surface area contributed by atoms with Crippen molar-refractivity contribution in [1.82, 2.24) is 0 Å². The monoisotopic (exact) mass is 276 g/mol. The zero-order valence-corrected chi connectivity index (χ0v) is 12.5. The number of hydrogen-bond donors (Lipinski definition) is 1. The minimum atomic E-state index is -0.849. The summed E-state index contributed by atoms with van der Waals surface area (Å²) < 4.78 is 16.3. The first-order valence-corrected chi connectivity index (χ1v) is 6.46. The van der Waals surface area contributed by atoms with Crippen LogP contribution in [-0.4, -0.2) is 19.3 Å². The second-order valence-corrected chi connectivity index (χ2v) is 4.73. The normalized spacial score (nSPS) is 12.3. The topological polar surface area (TPSA) is 51.8 Å². The molecule has 4 heteroatoms. The van der Waals surface area contributed by atoms with Crippen molar-refractivity contribution in [2.24, 2.45) is 0 Å². The Morgan fingerprint density at radius 2 is 1.50 bits per heavy atom. The van der Waals surface area contributed by atoms with Gasteiger partial charge in [0.05, 0.1) is 19.8 Å². The van der Waals surface area contributed by atoms with E-state index in [9.17, 15) is 5.11 Å². The van der Waals surface area contributed by atoms with Crippen molar-refractivity contribution in [1.29, 1.82) is 0 Å². The Labute approximate surface area is 118 Å². The molecule has 1 heterocycles. The van der Waals surface area contributed by atoms with Crippen molar-refractivity contribution in [2.45, 2.75) is 26.9 Å². The molecule has 1 unspecified atom stereocenters. The van der Waals surface area contributed by atoms with Crippen LogP contribution in [0.25, 0.3) is 0 Å². The minimum absolute atomic E-state index is 0.592. The van der Waals surface area contributed by atoms with Crippen LogP contribution in [-0.2, 0) is 0 Å². The third kappa shape index (κ3) is 2.27. The molecule has 0 radical (unpaired) electrons. The molecule has 1 atom stereocenters. The molecule has 1 N–H and O–H groups in total. The van der Waals surface area contributed by atoms with Gasteiger partial charge in [-0.15, -0.1) is 0 Å². The molecule has 0 amide bonds. The number of hydrogen-bond acceptors (Lipinski definition) is 4. The predicted octanol–water partition coefficient (Wildman–Crippen LogP) is 3.30. The van der Waals surface area contributed by atoms with Gasteiger partial charge in [0.15, 0.2) is 0 Å². The molecule has 0 aliphatic heterocycles. The van der Waals surface area contributed by atoms with Gasteiger partial charge in [-0.3, -0.25) is 0 Å². The van der Waals surface area contributed by atoms with Crippen molar-refractivity contribution in [3.05, 3.63) is 46.4 Å². The first-order chi connectivity index (χ1) is 9.51. The average molecular weight is 276 g/mol. The minimum Gasteiger partial charge on any atom is -0.496 e. The molecule has 0 spiro atoms. The first-order valence-electron chi connectivity index (χ1n) is 6.46. The van der Waals surface area contributed by atoms with Crippen LogP contribution in [0.4, 0.5) is 0 Å². The van der Waals surface area contributed by atoms with E-state index in [0.717, 1.165) is 16.9 Å². The molecule has 20 heavy (non-hydrogen) atoms. The molecule has 0 bridgehead atoms. The van der Waals surface area contributed by atoms with E-state index < -0.39 is 6.10 Å². The zero-order chi connectivity index (χ0) is 14.9. The molecular formula is C16H20O4. The molecule has 0 aliphatic rings. The van der Waals surface area contributed by atoms with E-state index in [1.54, 1.807) is 26.4 Å². The van der Waals surface area contributed by atoms with Crippen molar-refractivity contribution < 1.29 is 19.0 Å². The molecule has 1 aromatic heterocycles. The third-order valence-electron chi connectivity index (χ3n) is 3.63. The number of rotatable bonds is 4. The van der Waals surface area contributed by atoms with Gasteiger partial charge >= 0.3 is 0 Å². The molecule has 0 saturated carbocycles. The Hall–Kier alpha value is -1.94. The maximum absolute atomic E-state index is 10.8. The molecule has 108 valence electrons. The highest BCUT2D eigenvalue weighted by atomic mass is 16.5. The van der Waals surface area contributed by atoms with Crippen LogP contribution >= 0.6 is 0 Å². The average Bonchev–Trinajstić information content (AvgIpc) is 2.70. The highest BCUT2D eigenvalue weighted by molar-refractivity contribution is 5.51. The van der Waals surface area contributed by atoms with Crippen molar-refractivity contribution >= 4 is 0 Å². The summed E-state index contributed by atoms with van der Waals surface area (Å²) in [5.74, 6) is 2.70. The Morgan fingerprint density at radius 3 is 1.90 bits per heavy atom. The summed E-state index contributed by atoms with van der Waals surface area (Å²) in [7, 11) is 3.15. The summed E-state index contributed by atoms with van der Waals surface area (Å²) in [6.45, 7) is 5.67. The molecule has 0 fully saturated rings. The van der Waals surface area contributed by atoms with Crippen molar-refractivity contribution in [3.63, 3.8) is 0 Å². The van der Waals surface area contributed by atoms with E-state index in [-0.39, 0.29) is 0 Å². The lowest BCUT2D eigenvalue weighted by Crippen LogP contribution is -2.06. The SMILES string of the molecule is COc1cccc(OC)c1C(O)c1c(C)oc(C)c1C. The van der Waals surface area contributed by atoms with Gasteiger partial charge in [-0.05, 0) is 38.5 Å². The summed E-state index contributed by atoms with van der Waals surface area (Å²) in [5.41, 5.74) is 2.33. The molecular weight excluding hydrogens is 256 g/mol. The number of ether oxygens (including phenoxy) is 2. The fraction of sp³-hybridized carbons (Fsp3) is 0.375. The molecule has 0 aliphatic carbocycles. The number of aryl methyl sites for hydroxylation is 2. The molecule has 1 aromatic carbocycles. The smallest absolute Gasteiger partial charge is 0.128 e. The third-order valence-corrected chi connectivity index (χ3v) is 3.63. The Balaban J connectivity index is 2.61. The quantitative estimate of drug-likeness (QED) is 0.931. The van der Waals surface area contributed by atoms with E-state index >= 15 is 0 Å². The fourth-order valence-corrected chi connectivity index (χ4v) is 2.51. The van der Waals surface area contributed by atoms with Crippen molar-refractivity contribution in [2.75, 3.05) is 14.2 Å². The van der Waals surface area contributed by atoms with Gasteiger partial charge in [-0.25, -0.2) is 0 Å². The van der Waals surface area contributed by atoms with E-state index in [0.29, 0.717) is 22.8 Å². The van der Waals surface area contributed by atoms with E-state index in [4.69, 9.17) is 13.9 Å². The van der Waals surface area contributed by atoms with Gasteiger partial charge in [0.1, 0.15) is 29.1 Å². The maximum atomic E-state index is 10.8. The van der Waals surface area contributed by atoms with Crippen LogP contribution in [0.3, 0.4) is 0 Å². The second-order valence-electron chi connectivity index (χ2n) is 4.73. The van der Waals surface area contributed by atoms with Gasteiger partial charge in [-0.2, -0.15) is 0 Å². The number of aliphatic hydroxyl groups is 1. The molecule has 2 aromatic rings. The van der Waals surface area contributed by atoms with E-state index in [1.807, 2.05) is 26.8 Å². The molecule has 0 saturated heterocycles. The lowest BCUT2D eigenvalue weighted by atomic mass is 9.96. The van der Waals surface area contributed by atoms with Gasteiger partial charge in [0.2, 0.25) is 0 Å². The van der Waals surface area contributed by atoms with Crippen molar-refractivity contribution in [3.8, 4) is 11.5 Å². The fourth-order valence-electron chi connectivity index (χ4n) is 2.51. The van der Waals surface area contributed by atoms with E-state index in [1.165, 1.54) is 0 Å².